The second-order valence-electron chi connectivity index (χ2n) is 6.20. The van der Waals surface area contributed by atoms with Crippen molar-refractivity contribution in [1.82, 2.24) is 14.0 Å². The summed E-state index contributed by atoms with van der Waals surface area (Å²) in [6.07, 6.45) is 1.45. The highest BCUT2D eigenvalue weighted by Gasteiger charge is 2.31. The molecule has 0 aromatic carbocycles. The average molecular weight is 361 g/mol. The lowest BCUT2D eigenvalue weighted by Crippen LogP contribution is -2.46. The summed E-state index contributed by atoms with van der Waals surface area (Å²) >= 11 is 1.40. The number of hydrogen-bond donors (Lipinski definition) is 0. The number of thiophene rings is 1. The van der Waals surface area contributed by atoms with Gasteiger partial charge < -0.3 is 4.90 Å². The summed E-state index contributed by atoms with van der Waals surface area (Å²) in [5.74, 6) is -0.591. The van der Waals surface area contributed by atoms with Crippen molar-refractivity contribution in [3.05, 3.63) is 55.0 Å². The zero-order valence-corrected chi connectivity index (χ0v) is 14.9. The van der Waals surface area contributed by atoms with Crippen LogP contribution in [0.25, 0.3) is 0 Å². The van der Waals surface area contributed by atoms with Crippen LogP contribution >= 0.6 is 11.3 Å². The minimum Gasteiger partial charge on any atom is -0.337 e. The minimum absolute atomic E-state index is 0.0466. The van der Waals surface area contributed by atoms with Crippen molar-refractivity contribution in [1.29, 1.82) is 0 Å². The Labute approximate surface area is 148 Å². The van der Waals surface area contributed by atoms with Crippen LogP contribution in [0.5, 0.6) is 0 Å². The second-order valence-corrected chi connectivity index (χ2v) is 7.15. The number of piperidine rings is 1. The van der Waals surface area contributed by atoms with Gasteiger partial charge in [0, 0.05) is 39.2 Å². The van der Waals surface area contributed by atoms with Gasteiger partial charge in [-0.05, 0) is 24.3 Å². The van der Waals surface area contributed by atoms with Crippen molar-refractivity contribution < 1.29 is 9.59 Å². The van der Waals surface area contributed by atoms with Crippen molar-refractivity contribution >= 4 is 23.0 Å². The largest absolute Gasteiger partial charge is 0.337 e. The van der Waals surface area contributed by atoms with Gasteiger partial charge in [-0.1, -0.05) is 6.07 Å². The molecule has 1 amide bonds. The van der Waals surface area contributed by atoms with E-state index in [1.54, 1.807) is 11.0 Å². The van der Waals surface area contributed by atoms with Crippen LogP contribution in [-0.2, 0) is 14.1 Å². The van der Waals surface area contributed by atoms with E-state index < -0.39 is 11.2 Å². The number of amides is 1. The summed E-state index contributed by atoms with van der Waals surface area (Å²) in [7, 11) is 2.84. The average Bonchev–Trinajstić information content (AvgIpc) is 3.16. The van der Waals surface area contributed by atoms with E-state index in [9.17, 15) is 19.2 Å². The van der Waals surface area contributed by atoms with Crippen LogP contribution in [-0.4, -0.2) is 38.8 Å². The number of ketones is 1. The van der Waals surface area contributed by atoms with E-state index in [0.717, 1.165) is 11.0 Å². The fourth-order valence-corrected chi connectivity index (χ4v) is 3.84. The van der Waals surface area contributed by atoms with Crippen LogP contribution in [0.2, 0.25) is 0 Å². The van der Waals surface area contributed by atoms with Crippen LogP contribution in [0.15, 0.2) is 33.2 Å². The Balaban J connectivity index is 1.85. The van der Waals surface area contributed by atoms with Crippen molar-refractivity contribution in [2.24, 2.45) is 20.0 Å². The quantitative estimate of drug-likeness (QED) is 0.760. The molecule has 8 heteroatoms. The van der Waals surface area contributed by atoms with Crippen molar-refractivity contribution in [2.45, 2.75) is 12.8 Å². The molecule has 0 bridgehead atoms. The van der Waals surface area contributed by atoms with Crippen molar-refractivity contribution in [2.75, 3.05) is 13.1 Å². The van der Waals surface area contributed by atoms with Crippen molar-refractivity contribution in [3.8, 4) is 0 Å². The lowest BCUT2D eigenvalue weighted by atomic mass is 9.93. The first-order chi connectivity index (χ1) is 11.9. The summed E-state index contributed by atoms with van der Waals surface area (Å²) in [6, 6.07) is 4.80. The van der Waals surface area contributed by atoms with E-state index in [2.05, 4.69) is 0 Å². The van der Waals surface area contributed by atoms with Crippen LogP contribution in [0.4, 0.5) is 0 Å². The van der Waals surface area contributed by atoms with E-state index >= 15 is 0 Å². The van der Waals surface area contributed by atoms with Crippen LogP contribution < -0.4 is 11.2 Å². The van der Waals surface area contributed by atoms with Gasteiger partial charge in [-0.15, -0.1) is 11.3 Å². The lowest BCUT2D eigenvalue weighted by molar-refractivity contribution is 0.0628. The minimum atomic E-state index is -0.543. The Kier molecular flexibility index (Phi) is 4.71. The number of nitrogens with zero attached hydrogens (tertiary/aromatic N) is 3. The molecule has 0 unspecified atom stereocenters. The molecule has 2 aromatic heterocycles. The molecule has 7 nitrogen and oxygen atoms in total. The number of carbonyl (C=O) groups is 2. The molecule has 0 aliphatic carbocycles. The van der Waals surface area contributed by atoms with Crippen molar-refractivity contribution in [3.63, 3.8) is 0 Å². The lowest BCUT2D eigenvalue weighted by Gasteiger charge is -2.32. The Bertz CT molecular complexity index is 926. The molecule has 1 atom stereocenters. The Hall–Kier alpha value is -2.48. The molecule has 1 saturated heterocycles. The molecule has 3 rings (SSSR count). The molecule has 0 N–H and O–H groups in total. The third-order valence-corrected chi connectivity index (χ3v) is 5.47. The third kappa shape index (κ3) is 3.21. The number of aromatic nitrogens is 2. The van der Waals surface area contributed by atoms with Crippen LogP contribution in [0.1, 0.15) is 33.0 Å². The van der Waals surface area contributed by atoms with Gasteiger partial charge in [-0.3, -0.25) is 23.5 Å². The summed E-state index contributed by atoms with van der Waals surface area (Å²) in [6.45, 7) is 0.815. The normalized spacial score (nSPS) is 17.5. The number of likely N-dealkylation sites (tertiary alicyclic amines) is 1. The smallest absolute Gasteiger partial charge is 0.331 e. The SMILES string of the molecule is Cn1c(C(=O)N2CCC[C@@H](C(=O)c3cccs3)C2)cc(=O)n(C)c1=O. The summed E-state index contributed by atoms with van der Waals surface area (Å²) in [5.41, 5.74) is -1.01. The zero-order valence-electron chi connectivity index (χ0n) is 14.1. The van der Waals surface area contributed by atoms with E-state index in [-0.39, 0.29) is 23.3 Å². The molecule has 0 spiro atoms. The Morgan fingerprint density at radius 2 is 1.96 bits per heavy atom. The van der Waals surface area contributed by atoms with E-state index in [1.165, 1.54) is 36.1 Å². The molecule has 2 aromatic rings. The van der Waals surface area contributed by atoms with E-state index in [0.29, 0.717) is 24.4 Å². The molecule has 3 heterocycles. The van der Waals surface area contributed by atoms with Gasteiger partial charge in [0.1, 0.15) is 5.69 Å². The standard InChI is InChI=1S/C17H19N3O4S/c1-18-12(9-14(21)19(2)17(18)24)16(23)20-7-3-5-11(10-20)15(22)13-6-4-8-25-13/h4,6,8-9,11H,3,5,7,10H2,1-2H3/t11-/m1/s1. The van der Waals surface area contributed by atoms with Gasteiger partial charge in [-0.25, -0.2) is 4.79 Å². The fourth-order valence-electron chi connectivity index (χ4n) is 3.10. The fraction of sp³-hybridized carbons (Fsp3) is 0.412. The van der Waals surface area contributed by atoms with Gasteiger partial charge in [-0.2, -0.15) is 0 Å². The van der Waals surface area contributed by atoms with Gasteiger partial charge in [0.15, 0.2) is 5.78 Å². The van der Waals surface area contributed by atoms with Gasteiger partial charge >= 0.3 is 5.69 Å². The maximum atomic E-state index is 12.8. The predicted molar refractivity (Wildman–Crippen MR) is 94.2 cm³/mol. The molecular formula is C17H19N3O4S. The molecule has 0 saturated carbocycles. The molecule has 132 valence electrons. The maximum Gasteiger partial charge on any atom is 0.331 e. The van der Waals surface area contributed by atoms with E-state index in [1.807, 2.05) is 11.4 Å². The van der Waals surface area contributed by atoms with Gasteiger partial charge in [0.2, 0.25) is 0 Å². The first-order valence-electron chi connectivity index (χ1n) is 8.04. The van der Waals surface area contributed by atoms with Crippen LogP contribution in [0, 0.1) is 5.92 Å². The number of hydrogen-bond acceptors (Lipinski definition) is 5. The number of rotatable bonds is 3. The van der Waals surface area contributed by atoms with Gasteiger partial charge in [0.25, 0.3) is 11.5 Å². The maximum absolute atomic E-state index is 12.8. The third-order valence-electron chi connectivity index (χ3n) is 4.59. The molecule has 1 aliphatic rings. The topological polar surface area (TPSA) is 81.4 Å². The highest BCUT2D eigenvalue weighted by molar-refractivity contribution is 7.12. The van der Waals surface area contributed by atoms with Gasteiger partial charge in [0.05, 0.1) is 4.88 Å². The summed E-state index contributed by atoms with van der Waals surface area (Å²) in [5, 5.41) is 1.86. The molecule has 25 heavy (non-hydrogen) atoms. The monoisotopic (exact) mass is 361 g/mol. The molecule has 0 radical (unpaired) electrons. The second kappa shape index (κ2) is 6.79. The molecular weight excluding hydrogens is 342 g/mol. The highest BCUT2D eigenvalue weighted by atomic mass is 32.1. The van der Waals surface area contributed by atoms with Crippen LogP contribution in [0.3, 0.4) is 0 Å². The number of carbonyl (C=O) groups excluding carboxylic acids is 2. The highest BCUT2D eigenvalue weighted by Crippen LogP contribution is 2.24. The van der Waals surface area contributed by atoms with E-state index in [4.69, 9.17) is 0 Å². The molecule has 1 aliphatic heterocycles. The zero-order chi connectivity index (χ0) is 18.1. The summed E-state index contributed by atoms with van der Waals surface area (Å²) in [4.78, 5) is 51.5. The first kappa shape index (κ1) is 17.3. The Morgan fingerprint density at radius 1 is 1.20 bits per heavy atom. The summed E-state index contributed by atoms with van der Waals surface area (Å²) < 4.78 is 2.13. The Morgan fingerprint density at radius 3 is 2.64 bits per heavy atom. The first-order valence-corrected chi connectivity index (χ1v) is 8.92. The number of Topliss-reactive ketones (excluding diaryl/α,β-unsaturated/α-hetero) is 1. The predicted octanol–water partition coefficient (Wildman–Crippen LogP) is 0.881. The molecule has 1 fully saturated rings.